The molecule has 0 unspecified atom stereocenters. The summed E-state index contributed by atoms with van der Waals surface area (Å²) in [6, 6.07) is 12.4. The highest BCUT2D eigenvalue weighted by atomic mass is 16.5. The van der Waals surface area contributed by atoms with Crippen LogP contribution in [0.15, 0.2) is 42.6 Å². The minimum Gasteiger partial charge on any atom is -0.377 e. The second-order valence-electron chi connectivity index (χ2n) is 4.85. The van der Waals surface area contributed by atoms with Crippen LogP contribution >= 0.6 is 0 Å². The van der Waals surface area contributed by atoms with Gasteiger partial charge in [0.05, 0.1) is 6.61 Å². The first kappa shape index (κ1) is 13.8. The third-order valence-electron chi connectivity index (χ3n) is 3.34. The average molecular weight is 255 g/mol. The van der Waals surface area contributed by atoms with Gasteiger partial charge in [-0.3, -0.25) is 4.98 Å². The van der Waals surface area contributed by atoms with Crippen molar-refractivity contribution in [3.63, 3.8) is 0 Å². The predicted molar refractivity (Wildman–Crippen MR) is 78.1 cm³/mol. The van der Waals surface area contributed by atoms with Gasteiger partial charge in [-0.1, -0.05) is 24.3 Å². The number of aryl methyl sites for hydroxylation is 3. The van der Waals surface area contributed by atoms with Gasteiger partial charge in [0.2, 0.25) is 0 Å². The second kappa shape index (κ2) is 7.05. The Kier molecular flexibility index (Phi) is 5.10. The number of ether oxygens (including phenoxy) is 1. The van der Waals surface area contributed by atoms with Crippen LogP contribution in [0.25, 0.3) is 0 Å². The van der Waals surface area contributed by atoms with Crippen LogP contribution in [0.3, 0.4) is 0 Å². The lowest BCUT2D eigenvalue weighted by Crippen LogP contribution is -2.01. The lowest BCUT2D eigenvalue weighted by atomic mass is 10.0. The Hall–Kier alpha value is -1.67. The molecule has 0 radical (unpaired) electrons. The molecule has 2 nitrogen and oxygen atoms in total. The van der Waals surface area contributed by atoms with E-state index in [2.05, 4.69) is 43.1 Å². The van der Waals surface area contributed by atoms with Gasteiger partial charge in [-0.15, -0.1) is 0 Å². The molecule has 0 aliphatic heterocycles. The summed E-state index contributed by atoms with van der Waals surface area (Å²) in [7, 11) is 0. The molecule has 0 saturated carbocycles. The van der Waals surface area contributed by atoms with Gasteiger partial charge in [0.15, 0.2) is 0 Å². The van der Waals surface area contributed by atoms with Gasteiger partial charge in [-0.2, -0.15) is 0 Å². The first-order valence-electron chi connectivity index (χ1n) is 6.80. The first-order chi connectivity index (χ1) is 9.27. The summed E-state index contributed by atoms with van der Waals surface area (Å²) < 4.78 is 5.78. The standard InChI is InChI=1S/C17H21NO/c1-14-7-5-8-15(2)17(14)13-19-12-6-10-16-9-3-4-11-18-16/h3-5,7-9,11H,6,10,12-13H2,1-2H3. The van der Waals surface area contributed by atoms with Crippen LogP contribution in [0.5, 0.6) is 0 Å². The number of hydrogen-bond acceptors (Lipinski definition) is 2. The van der Waals surface area contributed by atoms with Gasteiger partial charge in [-0.25, -0.2) is 0 Å². The lowest BCUT2D eigenvalue weighted by Gasteiger charge is -2.10. The van der Waals surface area contributed by atoms with Gasteiger partial charge in [0, 0.05) is 18.5 Å². The molecule has 100 valence electrons. The maximum absolute atomic E-state index is 5.78. The molecule has 0 atom stereocenters. The Labute approximate surface area is 115 Å². The molecule has 1 heterocycles. The number of benzene rings is 1. The summed E-state index contributed by atoms with van der Waals surface area (Å²) in [5, 5.41) is 0. The second-order valence-corrected chi connectivity index (χ2v) is 4.85. The van der Waals surface area contributed by atoms with Crippen molar-refractivity contribution in [2.75, 3.05) is 6.61 Å². The quantitative estimate of drug-likeness (QED) is 0.731. The van der Waals surface area contributed by atoms with Gasteiger partial charge in [-0.05, 0) is 55.5 Å². The monoisotopic (exact) mass is 255 g/mol. The van der Waals surface area contributed by atoms with Crippen molar-refractivity contribution in [1.29, 1.82) is 0 Å². The molecule has 1 aromatic heterocycles. The SMILES string of the molecule is Cc1cccc(C)c1COCCCc1ccccn1. The van der Waals surface area contributed by atoms with E-state index in [-0.39, 0.29) is 0 Å². The number of hydrogen-bond donors (Lipinski definition) is 0. The highest BCUT2D eigenvalue weighted by Gasteiger charge is 2.02. The predicted octanol–water partition coefficient (Wildman–Crippen LogP) is 3.85. The van der Waals surface area contributed by atoms with Crippen LogP contribution < -0.4 is 0 Å². The maximum atomic E-state index is 5.78. The summed E-state index contributed by atoms with van der Waals surface area (Å²) in [6.45, 7) is 5.77. The van der Waals surface area contributed by atoms with E-state index in [1.54, 1.807) is 0 Å². The average Bonchev–Trinajstić information content (AvgIpc) is 2.42. The largest absolute Gasteiger partial charge is 0.377 e. The van der Waals surface area contributed by atoms with Crippen LogP contribution in [0.2, 0.25) is 0 Å². The fraction of sp³-hybridized carbons (Fsp3) is 0.353. The van der Waals surface area contributed by atoms with Gasteiger partial charge < -0.3 is 4.74 Å². The highest BCUT2D eigenvalue weighted by Crippen LogP contribution is 2.14. The molecule has 0 bridgehead atoms. The van der Waals surface area contributed by atoms with Crippen molar-refractivity contribution in [2.24, 2.45) is 0 Å². The van der Waals surface area contributed by atoms with E-state index in [1.165, 1.54) is 16.7 Å². The molecule has 0 N–H and O–H groups in total. The normalized spacial score (nSPS) is 10.6. The topological polar surface area (TPSA) is 22.1 Å². The summed E-state index contributed by atoms with van der Waals surface area (Å²) in [5.41, 5.74) is 5.08. The number of nitrogens with zero attached hydrogens (tertiary/aromatic N) is 1. The van der Waals surface area contributed by atoms with Crippen molar-refractivity contribution < 1.29 is 4.74 Å². The van der Waals surface area contributed by atoms with E-state index in [0.717, 1.165) is 25.1 Å². The molecule has 1 aromatic carbocycles. The Balaban J connectivity index is 1.73. The Morgan fingerprint density at radius 3 is 2.47 bits per heavy atom. The molecular formula is C17H21NO. The van der Waals surface area contributed by atoms with Gasteiger partial charge in [0.1, 0.15) is 0 Å². The highest BCUT2D eigenvalue weighted by molar-refractivity contribution is 5.32. The van der Waals surface area contributed by atoms with E-state index in [0.29, 0.717) is 6.61 Å². The summed E-state index contributed by atoms with van der Waals surface area (Å²) in [6.07, 6.45) is 3.84. The van der Waals surface area contributed by atoms with E-state index < -0.39 is 0 Å². The smallest absolute Gasteiger partial charge is 0.0721 e. The Morgan fingerprint density at radius 2 is 1.79 bits per heavy atom. The maximum Gasteiger partial charge on any atom is 0.0721 e. The number of rotatable bonds is 6. The number of pyridine rings is 1. The zero-order chi connectivity index (χ0) is 13.5. The molecule has 2 heteroatoms. The van der Waals surface area contributed by atoms with Crippen LogP contribution in [0.4, 0.5) is 0 Å². The molecule has 0 aliphatic rings. The van der Waals surface area contributed by atoms with Gasteiger partial charge in [0.25, 0.3) is 0 Å². The van der Waals surface area contributed by atoms with Crippen LogP contribution in [0.1, 0.15) is 28.8 Å². The third kappa shape index (κ3) is 4.18. The molecule has 0 aliphatic carbocycles. The Bertz CT molecular complexity index is 488. The zero-order valence-electron chi connectivity index (χ0n) is 11.7. The molecule has 19 heavy (non-hydrogen) atoms. The Morgan fingerprint density at radius 1 is 1.00 bits per heavy atom. The summed E-state index contributed by atoms with van der Waals surface area (Å²) in [4.78, 5) is 4.31. The fourth-order valence-electron chi connectivity index (χ4n) is 2.15. The molecule has 0 spiro atoms. The molecule has 0 saturated heterocycles. The van der Waals surface area contributed by atoms with Crippen LogP contribution in [-0.2, 0) is 17.8 Å². The number of aromatic nitrogens is 1. The summed E-state index contributed by atoms with van der Waals surface area (Å²) >= 11 is 0. The van der Waals surface area contributed by atoms with Crippen molar-refractivity contribution in [1.82, 2.24) is 4.98 Å². The molecule has 0 fully saturated rings. The van der Waals surface area contributed by atoms with Crippen molar-refractivity contribution in [2.45, 2.75) is 33.3 Å². The van der Waals surface area contributed by atoms with E-state index in [4.69, 9.17) is 4.74 Å². The van der Waals surface area contributed by atoms with Crippen LogP contribution in [-0.4, -0.2) is 11.6 Å². The lowest BCUT2D eigenvalue weighted by molar-refractivity contribution is 0.118. The molecule has 0 amide bonds. The third-order valence-corrected chi connectivity index (χ3v) is 3.34. The molecule has 2 rings (SSSR count). The first-order valence-corrected chi connectivity index (χ1v) is 6.80. The van der Waals surface area contributed by atoms with Crippen molar-refractivity contribution in [3.8, 4) is 0 Å². The fourth-order valence-corrected chi connectivity index (χ4v) is 2.15. The minimum absolute atomic E-state index is 0.709. The molecule has 2 aromatic rings. The van der Waals surface area contributed by atoms with Crippen molar-refractivity contribution >= 4 is 0 Å². The molecular weight excluding hydrogens is 234 g/mol. The van der Waals surface area contributed by atoms with Gasteiger partial charge >= 0.3 is 0 Å². The van der Waals surface area contributed by atoms with E-state index in [9.17, 15) is 0 Å². The summed E-state index contributed by atoms with van der Waals surface area (Å²) in [5.74, 6) is 0. The zero-order valence-corrected chi connectivity index (χ0v) is 11.7. The van der Waals surface area contributed by atoms with Crippen molar-refractivity contribution in [3.05, 3.63) is 65.0 Å². The minimum atomic E-state index is 0.709. The van der Waals surface area contributed by atoms with E-state index in [1.807, 2.05) is 18.3 Å². The van der Waals surface area contributed by atoms with Crippen LogP contribution in [0, 0.1) is 13.8 Å². The van der Waals surface area contributed by atoms with E-state index >= 15 is 0 Å².